The van der Waals surface area contributed by atoms with Gasteiger partial charge in [0, 0.05) is 44.4 Å². The van der Waals surface area contributed by atoms with E-state index in [9.17, 15) is 4.79 Å². The Morgan fingerprint density at radius 2 is 1.75 bits per heavy atom. The fraction of sp³-hybridized carbons (Fsp3) is 0.389. The number of nitrogens with one attached hydrogen (secondary N) is 2. The zero-order valence-electron chi connectivity index (χ0n) is 14.5. The lowest BCUT2D eigenvalue weighted by Gasteiger charge is -2.13. The molecule has 6 nitrogen and oxygen atoms in total. The summed E-state index contributed by atoms with van der Waals surface area (Å²) in [6, 6.07) is 7.96. The number of nitrogens with zero attached hydrogens (tertiary/aromatic N) is 3. The van der Waals surface area contributed by atoms with Crippen LogP contribution in [-0.2, 0) is 0 Å². The van der Waals surface area contributed by atoms with Gasteiger partial charge in [0.2, 0.25) is 5.95 Å². The van der Waals surface area contributed by atoms with Crippen LogP contribution in [0, 0.1) is 0 Å². The maximum atomic E-state index is 12.0. The maximum Gasteiger partial charge on any atom is 0.254 e. The Bertz CT molecular complexity index is 637. The Morgan fingerprint density at radius 3 is 2.33 bits per heavy atom. The number of anilines is 3. The van der Waals surface area contributed by atoms with Crippen LogP contribution in [0.1, 0.15) is 36.5 Å². The van der Waals surface area contributed by atoms with Gasteiger partial charge >= 0.3 is 0 Å². The molecule has 6 heteroatoms. The van der Waals surface area contributed by atoms with E-state index in [4.69, 9.17) is 0 Å². The molecule has 0 bridgehead atoms. The van der Waals surface area contributed by atoms with Gasteiger partial charge in [-0.15, -0.1) is 0 Å². The maximum absolute atomic E-state index is 12.0. The molecule has 0 aliphatic heterocycles. The first kappa shape index (κ1) is 17.7. The molecule has 0 spiro atoms. The van der Waals surface area contributed by atoms with Crippen LogP contribution in [-0.4, -0.2) is 36.5 Å². The highest BCUT2D eigenvalue weighted by Gasteiger charge is 2.06. The molecule has 1 aromatic heterocycles. The zero-order chi connectivity index (χ0) is 17.4. The van der Waals surface area contributed by atoms with E-state index in [-0.39, 0.29) is 5.91 Å². The molecule has 1 amide bonds. The first-order valence-electron chi connectivity index (χ1n) is 8.25. The van der Waals surface area contributed by atoms with Crippen molar-refractivity contribution in [1.82, 2.24) is 15.3 Å². The molecule has 1 aromatic carbocycles. The summed E-state index contributed by atoms with van der Waals surface area (Å²) in [6.45, 7) is 2.82. The van der Waals surface area contributed by atoms with Gasteiger partial charge in [0.05, 0.1) is 5.56 Å². The van der Waals surface area contributed by atoms with Gasteiger partial charge in [-0.05, 0) is 30.7 Å². The molecule has 2 aromatic rings. The quantitative estimate of drug-likeness (QED) is 0.729. The molecule has 0 unspecified atom stereocenters. The monoisotopic (exact) mass is 327 g/mol. The van der Waals surface area contributed by atoms with Gasteiger partial charge in [0.25, 0.3) is 5.91 Å². The van der Waals surface area contributed by atoms with Gasteiger partial charge in [-0.2, -0.15) is 0 Å². The topological polar surface area (TPSA) is 70.2 Å². The second-order valence-corrected chi connectivity index (χ2v) is 5.82. The lowest BCUT2D eigenvalue weighted by molar-refractivity contribution is 0.0952. The molecular weight excluding hydrogens is 302 g/mol. The van der Waals surface area contributed by atoms with E-state index in [1.165, 1.54) is 0 Å². The highest BCUT2D eigenvalue weighted by molar-refractivity contribution is 5.93. The van der Waals surface area contributed by atoms with Crippen LogP contribution in [0.15, 0.2) is 36.7 Å². The van der Waals surface area contributed by atoms with Gasteiger partial charge in [-0.3, -0.25) is 4.79 Å². The Balaban J connectivity index is 1.90. The summed E-state index contributed by atoms with van der Waals surface area (Å²) in [5.41, 5.74) is 2.49. The average Bonchev–Trinajstić information content (AvgIpc) is 2.59. The molecule has 0 aliphatic rings. The Hall–Kier alpha value is -2.63. The Kier molecular flexibility index (Phi) is 6.54. The molecule has 0 saturated heterocycles. The average molecular weight is 327 g/mol. The van der Waals surface area contributed by atoms with E-state index in [2.05, 4.69) is 27.5 Å². The molecular formula is C18H25N5O. The minimum atomic E-state index is -0.131. The lowest BCUT2D eigenvalue weighted by atomic mass is 10.2. The molecule has 0 saturated carbocycles. The van der Waals surface area contributed by atoms with Crippen molar-refractivity contribution in [2.24, 2.45) is 0 Å². The van der Waals surface area contributed by atoms with Crippen LogP contribution in [0.3, 0.4) is 0 Å². The highest BCUT2D eigenvalue weighted by Crippen LogP contribution is 2.18. The van der Waals surface area contributed by atoms with Crippen molar-refractivity contribution in [3.05, 3.63) is 42.2 Å². The van der Waals surface area contributed by atoms with Crippen molar-refractivity contribution < 1.29 is 4.79 Å². The SMILES string of the molecule is CCCCCNC(=O)c1cnc(Nc2ccc(N(C)C)cc2)nc1. The number of hydrogen-bond acceptors (Lipinski definition) is 5. The zero-order valence-corrected chi connectivity index (χ0v) is 14.5. The lowest BCUT2D eigenvalue weighted by Crippen LogP contribution is -2.24. The summed E-state index contributed by atoms with van der Waals surface area (Å²) in [4.78, 5) is 22.4. The summed E-state index contributed by atoms with van der Waals surface area (Å²) >= 11 is 0. The second kappa shape index (κ2) is 8.86. The van der Waals surface area contributed by atoms with Crippen LogP contribution in [0.5, 0.6) is 0 Å². The van der Waals surface area contributed by atoms with Crippen molar-refractivity contribution in [3.8, 4) is 0 Å². The van der Waals surface area contributed by atoms with Crippen LogP contribution >= 0.6 is 0 Å². The second-order valence-electron chi connectivity index (χ2n) is 5.82. The number of unbranched alkanes of at least 4 members (excludes halogenated alkanes) is 2. The minimum absolute atomic E-state index is 0.131. The van der Waals surface area contributed by atoms with Crippen LogP contribution < -0.4 is 15.5 Å². The minimum Gasteiger partial charge on any atom is -0.378 e. The summed E-state index contributed by atoms with van der Waals surface area (Å²) in [5.74, 6) is 0.336. The molecule has 0 fully saturated rings. The normalized spacial score (nSPS) is 10.3. The van der Waals surface area contributed by atoms with Crippen molar-refractivity contribution in [3.63, 3.8) is 0 Å². The molecule has 2 rings (SSSR count). The molecule has 0 radical (unpaired) electrons. The van der Waals surface area contributed by atoms with Gasteiger partial charge < -0.3 is 15.5 Å². The first-order chi connectivity index (χ1) is 11.6. The number of amides is 1. The number of carbonyl (C=O) groups excluding carboxylic acids is 1. The van der Waals surface area contributed by atoms with E-state index in [1.807, 2.05) is 43.3 Å². The number of hydrogen-bond donors (Lipinski definition) is 2. The van der Waals surface area contributed by atoms with Gasteiger partial charge in [0.15, 0.2) is 0 Å². The number of carbonyl (C=O) groups is 1. The van der Waals surface area contributed by atoms with E-state index >= 15 is 0 Å². The fourth-order valence-corrected chi connectivity index (χ4v) is 2.16. The summed E-state index contributed by atoms with van der Waals surface area (Å²) < 4.78 is 0. The Labute approximate surface area is 143 Å². The number of benzene rings is 1. The van der Waals surface area contributed by atoms with E-state index < -0.39 is 0 Å². The van der Waals surface area contributed by atoms with Crippen LogP contribution in [0.4, 0.5) is 17.3 Å². The van der Waals surface area contributed by atoms with Crippen molar-refractivity contribution >= 4 is 23.2 Å². The molecule has 24 heavy (non-hydrogen) atoms. The molecule has 1 heterocycles. The third-order valence-electron chi connectivity index (χ3n) is 3.62. The molecule has 0 aliphatic carbocycles. The van der Waals surface area contributed by atoms with Crippen molar-refractivity contribution in [1.29, 1.82) is 0 Å². The largest absolute Gasteiger partial charge is 0.378 e. The molecule has 2 N–H and O–H groups in total. The fourth-order valence-electron chi connectivity index (χ4n) is 2.16. The van der Waals surface area contributed by atoms with Gasteiger partial charge in [-0.1, -0.05) is 19.8 Å². The summed E-state index contributed by atoms with van der Waals surface area (Å²) in [6.07, 6.45) is 6.32. The number of aromatic nitrogens is 2. The first-order valence-corrected chi connectivity index (χ1v) is 8.25. The van der Waals surface area contributed by atoms with E-state index in [0.717, 1.165) is 30.6 Å². The number of rotatable bonds is 8. The summed E-state index contributed by atoms with van der Waals surface area (Å²) in [7, 11) is 4.00. The predicted octanol–water partition coefficient (Wildman–Crippen LogP) is 3.21. The molecule has 128 valence electrons. The standard InChI is InChI=1S/C18H25N5O/c1-4-5-6-11-19-17(24)14-12-20-18(21-13-14)22-15-7-9-16(10-8-15)23(2)3/h7-10,12-13H,4-6,11H2,1-3H3,(H,19,24)(H,20,21,22). The van der Waals surface area contributed by atoms with Crippen molar-refractivity contribution in [2.45, 2.75) is 26.2 Å². The van der Waals surface area contributed by atoms with Gasteiger partial charge in [0.1, 0.15) is 0 Å². The third kappa shape index (κ3) is 5.22. The van der Waals surface area contributed by atoms with Crippen molar-refractivity contribution in [2.75, 3.05) is 30.9 Å². The van der Waals surface area contributed by atoms with E-state index in [1.54, 1.807) is 12.4 Å². The van der Waals surface area contributed by atoms with Gasteiger partial charge in [-0.25, -0.2) is 9.97 Å². The smallest absolute Gasteiger partial charge is 0.254 e. The van der Waals surface area contributed by atoms with E-state index in [0.29, 0.717) is 18.1 Å². The third-order valence-corrected chi connectivity index (χ3v) is 3.62. The van der Waals surface area contributed by atoms with Crippen LogP contribution in [0.25, 0.3) is 0 Å². The predicted molar refractivity (Wildman–Crippen MR) is 97.9 cm³/mol. The van der Waals surface area contributed by atoms with Crippen LogP contribution in [0.2, 0.25) is 0 Å². The highest BCUT2D eigenvalue weighted by atomic mass is 16.1. The Morgan fingerprint density at radius 1 is 1.08 bits per heavy atom. The summed E-state index contributed by atoms with van der Waals surface area (Å²) in [5, 5.41) is 6.00. The molecule has 0 atom stereocenters.